The van der Waals surface area contributed by atoms with Gasteiger partial charge in [0, 0.05) is 17.3 Å². The number of benzene rings is 1. The number of fused-ring (bicyclic) bond motifs is 1. The fraction of sp³-hybridized carbons (Fsp3) is 0.188. The molecule has 1 N–H and O–H groups in total. The van der Waals surface area contributed by atoms with Crippen LogP contribution in [0.25, 0.3) is 10.2 Å². The molecule has 0 radical (unpaired) electrons. The molecule has 2 aromatic heterocycles. The predicted molar refractivity (Wildman–Crippen MR) is 89.6 cm³/mol. The second-order valence-corrected chi connectivity index (χ2v) is 6.22. The Kier molecular flexibility index (Phi) is 3.74. The summed E-state index contributed by atoms with van der Waals surface area (Å²) in [6, 6.07) is 9.52. The van der Waals surface area contributed by atoms with E-state index in [1.165, 1.54) is 0 Å². The van der Waals surface area contributed by atoms with Crippen molar-refractivity contribution in [2.45, 2.75) is 20.4 Å². The third-order valence-corrected chi connectivity index (χ3v) is 4.76. The number of anilines is 1. The first kappa shape index (κ1) is 14.2. The molecule has 0 aliphatic carbocycles. The van der Waals surface area contributed by atoms with Crippen LogP contribution in [0.2, 0.25) is 5.02 Å². The highest BCUT2D eigenvalue weighted by molar-refractivity contribution is 7.17. The molecule has 0 saturated heterocycles. The number of hydrogen-bond acceptors (Lipinski definition) is 2. The van der Waals surface area contributed by atoms with Crippen LogP contribution in [-0.2, 0) is 6.54 Å². The van der Waals surface area contributed by atoms with Crippen molar-refractivity contribution in [2.75, 3.05) is 5.32 Å². The van der Waals surface area contributed by atoms with Gasteiger partial charge in [0.15, 0.2) is 0 Å². The molecular weight excluding hydrogens is 304 g/mol. The van der Waals surface area contributed by atoms with Crippen LogP contribution in [0.15, 0.2) is 35.7 Å². The molecule has 0 atom stereocenters. The van der Waals surface area contributed by atoms with Crippen molar-refractivity contribution in [3.8, 4) is 0 Å². The summed E-state index contributed by atoms with van der Waals surface area (Å²) in [5.41, 5.74) is 3.49. The third-order valence-electron chi connectivity index (χ3n) is 3.50. The molecule has 1 aromatic carbocycles. The highest BCUT2D eigenvalue weighted by Gasteiger charge is 2.15. The fourth-order valence-electron chi connectivity index (χ4n) is 2.37. The van der Waals surface area contributed by atoms with Gasteiger partial charge in [-0.25, -0.2) is 0 Å². The summed E-state index contributed by atoms with van der Waals surface area (Å²) < 4.78 is 3.15. The molecule has 0 bridgehead atoms. The van der Waals surface area contributed by atoms with E-state index in [1.54, 1.807) is 17.4 Å². The Morgan fingerprint density at radius 1 is 1.33 bits per heavy atom. The molecule has 1 amide bonds. The van der Waals surface area contributed by atoms with Gasteiger partial charge in [0.1, 0.15) is 5.69 Å². The molecule has 0 unspecified atom stereocenters. The molecule has 0 aliphatic rings. The molecule has 3 rings (SSSR count). The number of hydrogen-bond donors (Lipinski definition) is 1. The molecule has 2 heterocycles. The first-order valence-corrected chi connectivity index (χ1v) is 8.00. The van der Waals surface area contributed by atoms with Gasteiger partial charge in [-0.15, -0.1) is 11.3 Å². The van der Waals surface area contributed by atoms with Gasteiger partial charge >= 0.3 is 0 Å². The van der Waals surface area contributed by atoms with Crippen molar-refractivity contribution in [1.82, 2.24) is 4.57 Å². The van der Waals surface area contributed by atoms with E-state index in [4.69, 9.17) is 11.6 Å². The summed E-state index contributed by atoms with van der Waals surface area (Å²) in [5, 5.41) is 5.60. The van der Waals surface area contributed by atoms with Crippen molar-refractivity contribution in [3.63, 3.8) is 0 Å². The zero-order chi connectivity index (χ0) is 15.0. The Hall–Kier alpha value is -1.78. The number of carbonyl (C=O) groups is 1. The number of carbonyl (C=O) groups excluding carboxylic acids is 1. The monoisotopic (exact) mass is 318 g/mol. The highest BCUT2D eigenvalue weighted by Crippen LogP contribution is 2.26. The Labute approximate surface area is 132 Å². The smallest absolute Gasteiger partial charge is 0.272 e. The third kappa shape index (κ3) is 2.57. The molecule has 0 saturated carbocycles. The van der Waals surface area contributed by atoms with Crippen molar-refractivity contribution in [1.29, 1.82) is 0 Å². The summed E-state index contributed by atoms with van der Waals surface area (Å²) in [6.45, 7) is 4.73. The topological polar surface area (TPSA) is 34.0 Å². The Bertz CT molecular complexity index is 819. The summed E-state index contributed by atoms with van der Waals surface area (Å²) >= 11 is 7.74. The van der Waals surface area contributed by atoms with Crippen molar-refractivity contribution in [2.24, 2.45) is 0 Å². The maximum Gasteiger partial charge on any atom is 0.272 e. The minimum atomic E-state index is -0.111. The van der Waals surface area contributed by atoms with Gasteiger partial charge in [-0.1, -0.05) is 17.7 Å². The number of aromatic nitrogens is 1. The van der Waals surface area contributed by atoms with Crippen LogP contribution in [0.1, 0.15) is 23.0 Å². The molecule has 5 heteroatoms. The van der Waals surface area contributed by atoms with Crippen LogP contribution in [0.4, 0.5) is 5.69 Å². The number of nitrogens with one attached hydrogen (secondary N) is 1. The number of rotatable bonds is 3. The first-order valence-electron chi connectivity index (χ1n) is 6.74. The fourth-order valence-corrected chi connectivity index (χ4v) is 3.37. The van der Waals surface area contributed by atoms with Crippen molar-refractivity contribution >= 4 is 44.7 Å². The molecular formula is C16H15ClN2OS. The molecule has 108 valence electrons. The number of thiophene rings is 1. The average Bonchev–Trinajstić information content (AvgIpc) is 3.02. The zero-order valence-electron chi connectivity index (χ0n) is 11.8. The lowest BCUT2D eigenvalue weighted by molar-refractivity contribution is 0.101. The Morgan fingerprint density at radius 3 is 2.86 bits per heavy atom. The standard InChI is InChI=1S/C16H15ClN2OS/c1-3-19-13-6-7-21-15(13)9-14(19)16(20)18-11-5-4-10(2)12(17)8-11/h4-9H,3H2,1-2H3,(H,18,20). The van der Waals surface area contributed by atoms with E-state index in [-0.39, 0.29) is 5.91 Å². The molecule has 3 nitrogen and oxygen atoms in total. The lowest BCUT2D eigenvalue weighted by atomic mass is 10.2. The normalized spacial score (nSPS) is 11.0. The van der Waals surface area contributed by atoms with Crippen LogP contribution in [0, 0.1) is 6.92 Å². The molecule has 0 fully saturated rings. The van der Waals surface area contributed by atoms with Gasteiger partial charge in [-0.2, -0.15) is 0 Å². The van der Waals surface area contributed by atoms with Crippen LogP contribution in [0.3, 0.4) is 0 Å². The number of halogens is 1. The van der Waals surface area contributed by atoms with Crippen LogP contribution >= 0.6 is 22.9 Å². The van der Waals surface area contributed by atoms with E-state index in [0.717, 1.165) is 22.3 Å². The maximum absolute atomic E-state index is 12.5. The van der Waals surface area contributed by atoms with E-state index in [9.17, 15) is 4.79 Å². The lowest BCUT2D eigenvalue weighted by Crippen LogP contribution is -2.16. The first-order chi connectivity index (χ1) is 10.1. The minimum Gasteiger partial charge on any atom is -0.336 e. The van der Waals surface area contributed by atoms with E-state index < -0.39 is 0 Å². The molecule has 0 aliphatic heterocycles. The minimum absolute atomic E-state index is 0.111. The van der Waals surface area contributed by atoms with Gasteiger partial charge in [0.05, 0.1) is 10.2 Å². The largest absolute Gasteiger partial charge is 0.336 e. The second-order valence-electron chi connectivity index (χ2n) is 4.86. The number of nitrogens with zero attached hydrogens (tertiary/aromatic N) is 1. The number of amides is 1. The van der Waals surface area contributed by atoms with Crippen LogP contribution < -0.4 is 5.32 Å². The average molecular weight is 319 g/mol. The second kappa shape index (κ2) is 5.54. The van der Waals surface area contributed by atoms with Crippen molar-refractivity contribution in [3.05, 3.63) is 52.0 Å². The van der Waals surface area contributed by atoms with Gasteiger partial charge in [0.25, 0.3) is 5.91 Å². The Balaban J connectivity index is 1.93. The summed E-state index contributed by atoms with van der Waals surface area (Å²) in [7, 11) is 0. The van der Waals surface area contributed by atoms with Crippen LogP contribution in [-0.4, -0.2) is 10.5 Å². The molecule has 3 aromatic rings. The van der Waals surface area contributed by atoms with E-state index in [1.807, 2.05) is 48.1 Å². The van der Waals surface area contributed by atoms with E-state index >= 15 is 0 Å². The van der Waals surface area contributed by atoms with E-state index in [2.05, 4.69) is 5.32 Å². The van der Waals surface area contributed by atoms with E-state index in [0.29, 0.717) is 16.4 Å². The van der Waals surface area contributed by atoms with Gasteiger partial charge in [0.2, 0.25) is 0 Å². The van der Waals surface area contributed by atoms with Crippen molar-refractivity contribution < 1.29 is 4.79 Å². The zero-order valence-corrected chi connectivity index (χ0v) is 13.4. The Morgan fingerprint density at radius 2 is 2.14 bits per heavy atom. The predicted octanol–water partition coefficient (Wildman–Crippen LogP) is 4.94. The number of aryl methyl sites for hydroxylation is 2. The summed E-state index contributed by atoms with van der Waals surface area (Å²) in [4.78, 5) is 12.5. The lowest BCUT2D eigenvalue weighted by Gasteiger charge is -2.09. The van der Waals surface area contributed by atoms with Gasteiger partial charge < -0.3 is 9.88 Å². The van der Waals surface area contributed by atoms with Crippen LogP contribution in [0.5, 0.6) is 0 Å². The maximum atomic E-state index is 12.5. The molecule has 21 heavy (non-hydrogen) atoms. The van der Waals surface area contributed by atoms with Gasteiger partial charge in [-0.3, -0.25) is 4.79 Å². The summed E-state index contributed by atoms with van der Waals surface area (Å²) in [6.07, 6.45) is 0. The highest BCUT2D eigenvalue weighted by atomic mass is 35.5. The molecule has 0 spiro atoms. The quantitative estimate of drug-likeness (QED) is 0.729. The summed E-state index contributed by atoms with van der Waals surface area (Å²) in [5.74, 6) is -0.111. The van der Waals surface area contributed by atoms with Gasteiger partial charge in [-0.05, 0) is 49.1 Å². The SMILES string of the molecule is CCn1c(C(=O)Nc2ccc(C)c(Cl)c2)cc2sccc21.